The fraction of sp³-hybridized carbons (Fsp3) is 0.375. The molecule has 116 valence electrons. The van der Waals surface area contributed by atoms with E-state index in [0.717, 1.165) is 23.8 Å². The predicted molar refractivity (Wildman–Crippen MR) is 88.1 cm³/mol. The minimum absolute atomic E-state index is 0.0313. The summed E-state index contributed by atoms with van der Waals surface area (Å²) in [4.78, 5) is 8.43. The summed E-state index contributed by atoms with van der Waals surface area (Å²) >= 11 is 5.89. The average molecular weight is 319 g/mol. The fourth-order valence-corrected chi connectivity index (χ4v) is 2.34. The number of benzene rings is 1. The summed E-state index contributed by atoms with van der Waals surface area (Å²) in [6.07, 6.45) is 4.12. The zero-order valence-electron chi connectivity index (χ0n) is 12.2. The fourth-order valence-electron chi connectivity index (χ4n) is 2.21. The number of rotatable bonds is 7. The molecule has 1 aromatic carbocycles. The highest BCUT2D eigenvalue weighted by Crippen LogP contribution is 2.29. The number of hydrogen-bond donors (Lipinski definition) is 3. The molecule has 1 fully saturated rings. The number of nitrogens with zero attached hydrogens (tertiary/aromatic N) is 2. The summed E-state index contributed by atoms with van der Waals surface area (Å²) in [5.74, 6) is 2.27. The summed E-state index contributed by atoms with van der Waals surface area (Å²) in [6, 6.07) is 9.03. The van der Waals surface area contributed by atoms with E-state index in [0.29, 0.717) is 10.8 Å². The molecule has 0 aliphatic heterocycles. The Morgan fingerprint density at radius 1 is 1.18 bits per heavy atom. The molecule has 0 amide bonds. The highest BCUT2D eigenvalue weighted by Gasteiger charge is 2.20. The van der Waals surface area contributed by atoms with Crippen molar-refractivity contribution >= 4 is 23.2 Å². The van der Waals surface area contributed by atoms with Gasteiger partial charge in [0.1, 0.15) is 18.0 Å². The van der Waals surface area contributed by atoms with Crippen molar-refractivity contribution < 1.29 is 5.11 Å². The maximum Gasteiger partial charge on any atom is 0.132 e. The summed E-state index contributed by atoms with van der Waals surface area (Å²) in [5, 5.41) is 16.8. The van der Waals surface area contributed by atoms with Crippen molar-refractivity contribution in [3.63, 3.8) is 0 Å². The zero-order valence-corrected chi connectivity index (χ0v) is 12.9. The Balaban J connectivity index is 1.66. The lowest BCUT2D eigenvalue weighted by molar-refractivity contribution is 0.276. The first kappa shape index (κ1) is 15.1. The first-order valence-electron chi connectivity index (χ1n) is 7.43. The van der Waals surface area contributed by atoms with Crippen LogP contribution in [-0.4, -0.2) is 28.2 Å². The molecule has 1 atom stereocenters. The van der Waals surface area contributed by atoms with Crippen LogP contribution in [0.2, 0.25) is 5.02 Å². The topological polar surface area (TPSA) is 70.1 Å². The third-order valence-corrected chi connectivity index (χ3v) is 3.96. The molecule has 5 nitrogen and oxygen atoms in total. The SMILES string of the molecule is OCC(Nc1cc(NCC2CC2)ncn1)c1ccc(Cl)cc1. The molecule has 0 saturated heterocycles. The molecule has 0 spiro atoms. The van der Waals surface area contributed by atoms with Crippen LogP contribution in [0.1, 0.15) is 24.4 Å². The van der Waals surface area contributed by atoms with Crippen molar-refractivity contribution in [1.29, 1.82) is 0 Å². The van der Waals surface area contributed by atoms with Crippen LogP contribution < -0.4 is 10.6 Å². The van der Waals surface area contributed by atoms with Gasteiger partial charge in [0.2, 0.25) is 0 Å². The molecule has 1 aliphatic carbocycles. The molecule has 0 bridgehead atoms. The predicted octanol–water partition coefficient (Wildman–Crippen LogP) is 3.10. The van der Waals surface area contributed by atoms with Crippen molar-refractivity contribution in [1.82, 2.24) is 9.97 Å². The second kappa shape index (κ2) is 6.94. The minimum atomic E-state index is -0.233. The molecule has 0 radical (unpaired) electrons. The number of halogens is 1. The Hall–Kier alpha value is -1.85. The van der Waals surface area contributed by atoms with Gasteiger partial charge in [0, 0.05) is 17.6 Å². The van der Waals surface area contributed by atoms with Crippen molar-refractivity contribution in [3.8, 4) is 0 Å². The standard InChI is InChI=1S/C16H19ClN4O/c17-13-5-3-12(4-6-13)14(9-22)21-16-7-15(19-10-20-16)18-8-11-1-2-11/h3-7,10-11,14,22H,1-2,8-9H2,(H2,18,19,20,21). The molecular weight excluding hydrogens is 300 g/mol. The first-order valence-corrected chi connectivity index (χ1v) is 7.81. The van der Waals surface area contributed by atoms with Crippen LogP contribution in [-0.2, 0) is 0 Å². The van der Waals surface area contributed by atoms with Gasteiger partial charge in [-0.25, -0.2) is 9.97 Å². The van der Waals surface area contributed by atoms with Crippen LogP contribution in [0.4, 0.5) is 11.6 Å². The molecule has 1 unspecified atom stereocenters. The van der Waals surface area contributed by atoms with Crippen molar-refractivity contribution in [2.75, 3.05) is 23.8 Å². The number of aliphatic hydroxyl groups is 1. The van der Waals surface area contributed by atoms with Crippen LogP contribution in [0, 0.1) is 5.92 Å². The van der Waals surface area contributed by atoms with Crippen LogP contribution in [0.5, 0.6) is 0 Å². The van der Waals surface area contributed by atoms with E-state index in [-0.39, 0.29) is 12.6 Å². The number of hydrogen-bond acceptors (Lipinski definition) is 5. The lowest BCUT2D eigenvalue weighted by atomic mass is 10.1. The molecule has 1 aromatic heterocycles. The molecule has 1 saturated carbocycles. The maximum atomic E-state index is 9.61. The second-order valence-corrected chi connectivity index (χ2v) is 5.98. The summed E-state index contributed by atoms with van der Waals surface area (Å²) in [5.41, 5.74) is 0.956. The molecule has 22 heavy (non-hydrogen) atoms. The molecule has 1 heterocycles. The second-order valence-electron chi connectivity index (χ2n) is 5.54. The molecule has 2 aromatic rings. The van der Waals surface area contributed by atoms with E-state index in [9.17, 15) is 5.11 Å². The smallest absolute Gasteiger partial charge is 0.132 e. The molecular formula is C16H19ClN4O. The van der Waals surface area contributed by atoms with Crippen molar-refractivity contribution in [3.05, 3.63) is 47.2 Å². The Labute approximate surface area is 134 Å². The van der Waals surface area contributed by atoms with E-state index in [1.807, 2.05) is 30.3 Å². The normalized spacial score (nSPS) is 15.4. The average Bonchev–Trinajstić information content (AvgIpc) is 3.36. The summed E-state index contributed by atoms with van der Waals surface area (Å²) < 4.78 is 0. The monoisotopic (exact) mass is 318 g/mol. The van der Waals surface area contributed by atoms with Gasteiger partial charge in [0.15, 0.2) is 0 Å². The molecule has 1 aliphatic rings. The van der Waals surface area contributed by atoms with Gasteiger partial charge in [0.05, 0.1) is 12.6 Å². The maximum absolute atomic E-state index is 9.61. The Kier molecular flexibility index (Phi) is 4.75. The van der Waals surface area contributed by atoms with Gasteiger partial charge in [-0.1, -0.05) is 23.7 Å². The lowest BCUT2D eigenvalue weighted by Gasteiger charge is -2.17. The minimum Gasteiger partial charge on any atom is -0.394 e. The first-order chi connectivity index (χ1) is 10.7. The van der Waals surface area contributed by atoms with Crippen molar-refractivity contribution in [2.24, 2.45) is 5.92 Å². The molecule has 3 rings (SSSR count). The summed E-state index contributed by atoms with van der Waals surface area (Å²) in [6.45, 7) is 0.924. The third-order valence-electron chi connectivity index (χ3n) is 3.71. The summed E-state index contributed by atoms with van der Waals surface area (Å²) in [7, 11) is 0. The van der Waals surface area contributed by atoms with Crippen LogP contribution in [0.3, 0.4) is 0 Å². The Morgan fingerprint density at radius 3 is 2.59 bits per heavy atom. The van der Waals surface area contributed by atoms with E-state index in [2.05, 4.69) is 20.6 Å². The van der Waals surface area contributed by atoms with Gasteiger partial charge >= 0.3 is 0 Å². The number of nitrogens with one attached hydrogen (secondary N) is 2. The van der Waals surface area contributed by atoms with Gasteiger partial charge in [-0.05, 0) is 36.5 Å². The molecule has 6 heteroatoms. The largest absolute Gasteiger partial charge is 0.394 e. The number of aliphatic hydroxyl groups excluding tert-OH is 1. The van der Waals surface area contributed by atoms with Gasteiger partial charge in [0.25, 0.3) is 0 Å². The number of anilines is 2. The van der Waals surface area contributed by atoms with E-state index in [1.54, 1.807) is 0 Å². The highest BCUT2D eigenvalue weighted by atomic mass is 35.5. The van der Waals surface area contributed by atoms with E-state index in [1.165, 1.54) is 19.2 Å². The van der Waals surface area contributed by atoms with Crippen molar-refractivity contribution in [2.45, 2.75) is 18.9 Å². The third kappa shape index (κ3) is 4.08. The van der Waals surface area contributed by atoms with Gasteiger partial charge in [-0.3, -0.25) is 0 Å². The van der Waals surface area contributed by atoms with Gasteiger partial charge < -0.3 is 15.7 Å². The lowest BCUT2D eigenvalue weighted by Crippen LogP contribution is -2.16. The van der Waals surface area contributed by atoms with E-state index >= 15 is 0 Å². The Bertz CT molecular complexity index is 616. The number of aromatic nitrogens is 2. The zero-order chi connectivity index (χ0) is 15.4. The van der Waals surface area contributed by atoms with E-state index in [4.69, 9.17) is 11.6 Å². The Morgan fingerprint density at radius 2 is 1.91 bits per heavy atom. The van der Waals surface area contributed by atoms with Crippen LogP contribution in [0.25, 0.3) is 0 Å². The quantitative estimate of drug-likeness (QED) is 0.732. The molecule has 3 N–H and O–H groups in total. The van der Waals surface area contributed by atoms with Gasteiger partial charge in [-0.15, -0.1) is 0 Å². The van der Waals surface area contributed by atoms with E-state index < -0.39 is 0 Å². The van der Waals surface area contributed by atoms with Crippen LogP contribution >= 0.6 is 11.6 Å². The van der Waals surface area contributed by atoms with Crippen LogP contribution in [0.15, 0.2) is 36.7 Å². The van der Waals surface area contributed by atoms with Gasteiger partial charge in [-0.2, -0.15) is 0 Å². The highest BCUT2D eigenvalue weighted by molar-refractivity contribution is 6.30.